The summed E-state index contributed by atoms with van der Waals surface area (Å²) in [6.07, 6.45) is 0.751. The fourth-order valence-electron chi connectivity index (χ4n) is 3.01. The second kappa shape index (κ2) is 6.91. The summed E-state index contributed by atoms with van der Waals surface area (Å²) < 4.78 is 0. The van der Waals surface area contributed by atoms with Crippen molar-refractivity contribution in [3.8, 4) is 0 Å². The summed E-state index contributed by atoms with van der Waals surface area (Å²) in [6, 6.07) is 10.8. The average Bonchev–Trinajstić information content (AvgIpc) is 2.92. The van der Waals surface area contributed by atoms with Gasteiger partial charge in [0.15, 0.2) is 5.96 Å². The van der Waals surface area contributed by atoms with Gasteiger partial charge in [0, 0.05) is 45.9 Å². The van der Waals surface area contributed by atoms with E-state index in [1.54, 1.807) is 0 Å². The van der Waals surface area contributed by atoms with Crippen LogP contribution in [0.4, 0.5) is 0 Å². The Bertz CT molecular complexity index is 470. The van der Waals surface area contributed by atoms with Crippen LogP contribution in [0.25, 0.3) is 0 Å². The van der Waals surface area contributed by atoms with Crippen LogP contribution in [0.5, 0.6) is 0 Å². The molecule has 1 aromatic rings. The van der Waals surface area contributed by atoms with Gasteiger partial charge in [-0.1, -0.05) is 30.3 Å². The van der Waals surface area contributed by atoms with E-state index < -0.39 is 0 Å². The number of nitrogens with zero attached hydrogens (tertiary/aromatic N) is 3. The molecule has 2 aliphatic heterocycles. The van der Waals surface area contributed by atoms with E-state index in [0.717, 1.165) is 51.6 Å². The van der Waals surface area contributed by atoms with Gasteiger partial charge in [0.25, 0.3) is 0 Å². The maximum Gasteiger partial charge on any atom is 0.197 e. The average molecular weight is 288 g/mol. The van der Waals surface area contributed by atoms with Gasteiger partial charge in [0.1, 0.15) is 0 Å². The number of benzene rings is 1. The Balaban J connectivity index is 1.72. The number of aliphatic imine (C=N–C) groups is 1. The van der Waals surface area contributed by atoms with Crippen molar-refractivity contribution in [2.24, 2.45) is 4.99 Å². The van der Waals surface area contributed by atoms with Crippen molar-refractivity contribution < 1.29 is 5.11 Å². The topological polar surface area (TPSA) is 51.1 Å². The SMILES string of the molecule is OCCC1CN(Cc2ccccc2)C(N2CCNCC2)=N1. The Morgan fingerprint density at radius 1 is 1.19 bits per heavy atom. The first kappa shape index (κ1) is 14.4. The predicted molar refractivity (Wildman–Crippen MR) is 84.2 cm³/mol. The van der Waals surface area contributed by atoms with Crippen LogP contribution in [0, 0.1) is 0 Å². The highest BCUT2D eigenvalue weighted by Gasteiger charge is 2.29. The zero-order chi connectivity index (χ0) is 14.5. The molecule has 5 heteroatoms. The lowest BCUT2D eigenvalue weighted by atomic mass is 10.2. The normalized spacial score (nSPS) is 22.5. The van der Waals surface area contributed by atoms with Crippen molar-refractivity contribution in [2.45, 2.75) is 19.0 Å². The Kier molecular flexibility index (Phi) is 4.72. The highest BCUT2D eigenvalue weighted by atomic mass is 16.3. The molecule has 1 fully saturated rings. The van der Waals surface area contributed by atoms with Gasteiger partial charge >= 0.3 is 0 Å². The highest BCUT2D eigenvalue weighted by Crippen LogP contribution is 2.18. The molecule has 0 spiro atoms. The Hall–Kier alpha value is -1.59. The zero-order valence-corrected chi connectivity index (χ0v) is 12.4. The zero-order valence-electron chi connectivity index (χ0n) is 12.4. The minimum atomic E-state index is 0.210. The summed E-state index contributed by atoms with van der Waals surface area (Å²) in [4.78, 5) is 9.59. The van der Waals surface area contributed by atoms with Crippen LogP contribution < -0.4 is 5.32 Å². The monoisotopic (exact) mass is 288 g/mol. The van der Waals surface area contributed by atoms with Crippen LogP contribution in [-0.4, -0.2) is 66.2 Å². The van der Waals surface area contributed by atoms with Gasteiger partial charge in [0.05, 0.1) is 6.04 Å². The maximum absolute atomic E-state index is 9.19. The lowest BCUT2D eigenvalue weighted by Crippen LogP contribution is -2.50. The molecule has 0 aromatic heterocycles. The second-order valence-corrected chi connectivity index (χ2v) is 5.70. The quantitative estimate of drug-likeness (QED) is 0.848. The lowest BCUT2D eigenvalue weighted by Gasteiger charge is -2.33. The molecular weight excluding hydrogens is 264 g/mol. The maximum atomic E-state index is 9.19. The van der Waals surface area contributed by atoms with Gasteiger partial charge in [0.2, 0.25) is 0 Å². The molecule has 0 radical (unpaired) electrons. The third-order valence-corrected chi connectivity index (χ3v) is 4.09. The molecule has 1 unspecified atom stereocenters. The van der Waals surface area contributed by atoms with Gasteiger partial charge in [-0.05, 0) is 12.0 Å². The molecule has 2 aliphatic rings. The molecule has 1 atom stereocenters. The minimum absolute atomic E-state index is 0.210. The summed E-state index contributed by atoms with van der Waals surface area (Å²) in [6.45, 7) is 6.07. The van der Waals surface area contributed by atoms with Crippen LogP contribution in [0.15, 0.2) is 35.3 Å². The molecule has 114 valence electrons. The van der Waals surface area contributed by atoms with Gasteiger partial charge in [-0.2, -0.15) is 0 Å². The first-order valence-electron chi connectivity index (χ1n) is 7.80. The van der Waals surface area contributed by atoms with E-state index in [1.165, 1.54) is 5.56 Å². The van der Waals surface area contributed by atoms with Gasteiger partial charge < -0.3 is 20.2 Å². The van der Waals surface area contributed by atoms with E-state index in [1.807, 2.05) is 6.07 Å². The predicted octanol–water partition coefficient (Wildman–Crippen LogP) is 0.514. The molecule has 1 aromatic carbocycles. The molecule has 0 saturated carbocycles. The smallest absolute Gasteiger partial charge is 0.197 e. The summed E-state index contributed by atoms with van der Waals surface area (Å²) in [7, 11) is 0. The van der Waals surface area contributed by atoms with Crippen LogP contribution in [0.1, 0.15) is 12.0 Å². The van der Waals surface area contributed by atoms with E-state index in [4.69, 9.17) is 4.99 Å². The highest BCUT2D eigenvalue weighted by molar-refractivity contribution is 5.82. The molecule has 2 N–H and O–H groups in total. The van der Waals surface area contributed by atoms with Crippen molar-refractivity contribution in [1.29, 1.82) is 0 Å². The minimum Gasteiger partial charge on any atom is -0.396 e. The number of hydrogen-bond donors (Lipinski definition) is 2. The largest absolute Gasteiger partial charge is 0.396 e. The fraction of sp³-hybridized carbons (Fsp3) is 0.562. The lowest BCUT2D eigenvalue weighted by molar-refractivity contribution is 0.265. The fourth-order valence-corrected chi connectivity index (χ4v) is 3.01. The summed E-state index contributed by atoms with van der Waals surface area (Å²) >= 11 is 0. The third-order valence-electron chi connectivity index (χ3n) is 4.09. The Morgan fingerprint density at radius 2 is 1.95 bits per heavy atom. The number of rotatable bonds is 4. The van der Waals surface area contributed by atoms with Crippen molar-refractivity contribution in [3.05, 3.63) is 35.9 Å². The van der Waals surface area contributed by atoms with Crippen molar-refractivity contribution in [1.82, 2.24) is 15.1 Å². The van der Waals surface area contributed by atoms with Crippen LogP contribution in [-0.2, 0) is 6.54 Å². The third kappa shape index (κ3) is 3.54. The van der Waals surface area contributed by atoms with Crippen molar-refractivity contribution in [3.63, 3.8) is 0 Å². The van der Waals surface area contributed by atoms with Crippen molar-refractivity contribution in [2.75, 3.05) is 39.3 Å². The van der Waals surface area contributed by atoms with E-state index in [-0.39, 0.29) is 12.6 Å². The number of hydrogen-bond acceptors (Lipinski definition) is 5. The van der Waals surface area contributed by atoms with Crippen molar-refractivity contribution >= 4 is 5.96 Å². The summed E-state index contributed by atoms with van der Waals surface area (Å²) in [5, 5.41) is 12.6. The summed E-state index contributed by atoms with van der Waals surface area (Å²) in [5.41, 5.74) is 1.31. The molecular formula is C16H24N4O. The van der Waals surface area contributed by atoms with Gasteiger partial charge in [-0.25, -0.2) is 4.99 Å². The number of aliphatic hydroxyl groups is 1. The first-order valence-corrected chi connectivity index (χ1v) is 7.80. The number of nitrogens with one attached hydrogen (secondary N) is 1. The molecule has 21 heavy (non-hydrogen) atoms. The molecule has 0 amide bonds. The second-order valence-electron chi connectivity index (χ2n) is 5.70. The molecule has 0 aliphatic carbocycles. The van der Waals surface area contributed by atoms with Crippen LogP contribution >= 0.6 is 0 Å². The van der Waals surface area contributed by atoms with Crippen LogP contribution in [0.2, 0.25) is 0 Å². The molecule has 0 bridgehead atoms. The van der Waals surface area contributed by atoms with Gasteiger partial charge in [-0.3, -0.25) is 0 Å². The first-order chi connectivity index (χ1) is 10.4. The summed E-state index contributed by atoms with van der Waals surface area (Å²) in [5.74, 6) is 1.11. The number of guanidine groups is 1. The number of aliphatic hydroxyl groups excluding tert-OH is 1. The molecule has 3 rings (SSSR count). The molecule has 5 nitrogen and oxygen atoms in total. The Morgan fingerprint density at radius 3 is 2.67 bits per heavy atom. The molecule has 1 saturated heterocycles. The number of piperazine rings is 1. The van der Waals surface area contributed by atoms with E-state index in [9.17, 15) is 5.11 Å². The van der Waals surface area contributed by atoms with Crippen LogP contribution in [0.3, 0.4) is 0 Å². The van der Waals surface area contributed by atoms with E-state index >= 15 is 0 Å². The van der Waals surface area contributed by atoms with Gasteiger partial charge in [-0.15, -0.1) is 0 Å². The molecule has 2 heterocycles. The Labute approximate surface area is 126 Å². The van der Waals surface area contributed by atoms with E-state index in [0.29, 0.717) is 0 Å². The van der Waals surface area contributed by atoms with E-state index in [2.05, 4.69) is 39.4 Å². The standard InChI is InChI=1S/C16H24N4O/c21-11-6-15-13-20(12-14-4-2-1-3-5-14)16(18-15)19-9-7-17-8-10-19/h1-5,15,17,21H,6-13H2.